The molecule has 0 bridgehead atoms. The van der Waals surface area contributed by atoms with Crippen LogP contribution in [0.1, 0.15) is 40.0 Å². The number of carbonyl (C=O) groups is 1. The summed E-state index contributed by atoms with van der Waals surface area (Å²) >= 11 is 0. The molecule has 0 radical (unpaired) electrons. The van der Waals surface area contributed by atoms with Gasteiger partial charge < -0.3 is 11.1 Å². The molecular formula is C16H23F2N3O3S. The van der Waals surface area contributed by atoms with Gasteiger partial charge in [-0.3, -0.25) is 4.79 Å². The molecule has 1 saturated carbocycles. The summed E-state index contributed by atoms with van der Waals surface area (Å²) in [7, 11) is -4.21. The van der Waals surface area contributed by atoms with Gasteiger partial charge in [0.2, 0.25) is 15.9 Å². The molecule has 1 aromatic carbocycles. The highest BCUT2D eigenvalue weighted by atomic mass is 32.2. The highest BCUT2D eigenvalue weighted by molar-refractivity contribution is 7.89. The van der Waals surface area contributed by atoms with Crippen molar-refractivity contribution in [1.82, 2.24) is 4.72 Å². The first-order valence-corrected chi connectivity index (χ1v) is 9.47. The maximum atomic E-state index is 14.0. The van der Waals surface area contributed by atoms with Gasteiger partial charge >= 0.3 is 0 Å². The third-order valence-electron chi connectivity index (χ3n) is 3.85. The average molecular weight is 375 g/mol. The predicted molar refractivity (Wildman–Crippen MR) is 90.4 cm³/mol. The standard InChI is InChI=1S/C16H23F2N3O3S/c1-16(2,3)21-25(23,24)14-8-13(11(17)7-12(14)18)20-15(22)9-4-5-10(19)6-9/h7-10,21H,4-6,19H2,1-3H3,(H,20,22). The summed E-state index contributed by atoms with van der Waals surface area (Å²) in [6, 6.07) is 1.17. The Hall–Kier alpha value is -1.58. The molecule has 4 N–H and O–H groups in total. The van der Waals surface area contributed by atoms with Crippen LogP contribution in [0.2, 0.25) is 0 Å². The van der Waals surface area contributed by atoms with Crippen molar-refractivity contribution >= 4 is 21.6 Å². The summed E-state index contributed by atoms with van der Waals surface area (Å²) in [6.45, 7) is 4.79. The van der Waals surface area contributed by atoms with Crippen LogP contribution in [-0.2, 0) is 14.8 Å². The van der Waals surface area contributed by atoms with Gasteiger partial charge in [-0.15, -0.1) is 0 Å². The first-order chi connectivity index (χ1) is 11.4. The maximum absolute atomic E-state index is 14.0. The van der Waals surface area contributed by atoms with Crippen LogP contribution in [0.3, 0.4) is 0 Å². The number of anilines is 1. The van der Waals surface area contributed by atoms with Gasteiger partial charge in [0, 0.05) is 23.6 Å². The minimum Gasteiger partial charge on any atom is -0.328 e. The fraction of sp³-hybridized carbons (Fsp3) is 0.562. The van der Waals surface area contributed by atoms with Crippen LogP contribution >= 0.6 is 0 Å². The molecule has 6 nitrogen and oxygen atoms in total. The van der Waals surface area contributed by atoms with E-state index >= 15 is 0 Å². The van der Waals surface area contributed by atoms with Crippen LogP contribution in [0.5, 0.6) is 0 Å². The van der Waals surface area contributed by atoms with Gasteiger partial charge in [-0.25, -0.2) is 21.9 Å². The van der Waals surface area contributed by atoms with Gasteiger partial charge in [0.15, 0.2) is 0 Å². The molecule has 0 spiro atoms. The van der Waals surface area contributed by atoms with Crippen LogP contribution < -0.4 is 15.8 Å². The smallest absolute Gasteiger partial charge is 0.244 e. The largest absolute Gasteiger partial charge is 0.328 e. The monoisotopic (exact) mass is 375 g/mol. The number of benzene rings is 1. The number of nitrogens with two attached hydrogens (primary N) is 1. The Balaban J connectivity index is 2.30. The zero-order valence-corrected chi connectivity index (χ0v) is 15.2. The van der Waals surface area contributed by atoms with Crippen molar-refractivity contribution in [2.24, 2.45) is 11.7 Å². The Morgan fingerprint density at radius 3 is 2.36 bits per heavy atom. The van der Waals surface area contributed by atoms with Crippen LogP contribution in [0.4, 0.5) is 14.5 Å². The second-order valence-corrected chi connectivity index (χ2v) is 9.03. The maximum Gasteiger partial charge on any atom is 0.244 e. The molecule has 0 aromatic heterocycles. The number of amides is 1. The molecule has 2 rings (SSSR count). The lowest BCUT2D eigenvalue weighted by Gasteiger charge is -2.21. The van der Waals surface area contributed by atoms with E-state index in [0.29, 0.717) is 25.3 Å². The Morgan fingerprint density at radius 1 is 1.20 bits per heavy atom. The molecule has 1 aliphatic rings. The molecule has 0 aliphatic heterocycles. The van der Waals surface area contributed by atoms with E-state index in [4.69, 9.17) is 5.73 Å². The highest BCUT2D eigenvalue weighted by Crippen LogP contribution is 2.28. The molecular weight excluding hydrogens is 352 g/mol. The van der Waals surface area contributed by atoms with E-state index in [1.165, 1.54) is 0 Å². The zero-order chi connectivity index (χ0) is 19.0. The van der Waals surface area contributed by atoms with E-state index in [0.717, 1.165) is 6.07 Å². The molecule has 1 amide bonds. The SMILES string of the molecule is CC(C)(C)NS(=O)(=O)c1cc(NC(=O)C2CCC(N)C2)c(F)cc1F. The third kappa shape index (κ3) is 4.96. The predicted octanol–water partition coefficient (Wildman–Crippen LogP) is 2.11. The minimum absolute atomic E-state index is 0.0826. The normalized spacial score (nSPS) is 21.4. The first kappa shape index (κ1) is 19.7. The Bertz CT molecular complexity index is 776. The molecule has 1 aromatic rings. The van der Waals surface area contributed by atoms with E-state index in [1.54, 1.807) is 20.8 Å². The molecule has 9 heteroatoms. The van der Waals surface area contributed by atoms with Gasteiger partial charge in [0.05, 0.1) is 5.69 Å². The molecule has 0 saturated heterocycles. The van der Waals surface area contributed by atoms with Crippen LogP contribution in [0.25, 0.3) is 0 Å². The van der Waals surface area contributed by atoms with Crippen LogP contribution in [0, 0.1) is 17.6 Å². The van der Waals surface area contributed by atoms with Crippen molar-refractivity contribution in [3.63, 3.8) is 0 Å². The quantitative estimate of drug-likeness (QED) is 0.750. The van der Waals surface area contributed by atoms with Crippen molar-refractivity contribution in [2.45, 2.75) is 56.5 Å². The molecule has 2 unspecified atom stereocenters. The van der Waals surface area contributed by atoms with E-state index in [1.807, 2.05) is 0 Å². The minimum atomic E-state index is -4.21. The number of halogens is 2. The van der Waals surface area contributed by atoms with Gasteiger partial charge in [-0.2, -0.15) is 0 Å². The Kier molecular flexibility index (Phi) is 5.50. The summed E-state index contributed by atoms with van der Waals surface area (Å²) in [5.41, 5.74) is 4.54. The summed E-state index contributed by atoms with van der Waals surface area (Å²) in [4.78, 5) is 11.5. The zero-order valence-electron chi connectivity index (χ0n) is 14.4. The van der Waals surface area contributed by atoms with Crippen molar-refractivity contribution in [2.75, 3.05) is 5.32 Å². The second-order valence-electron chi connectivity index (χ2n) is 7.38. The van der Waals surface area contributed by atoms with E-state index in [9.17, 15) is 22.0 Å². The number of sulfonamides is 1. The lowest BCUT2D eigenvalue weighted by atomic mass is 10.1. The van der Waals surface area contributed by atoms with Crippen molar-refractivity contribution < 1.29 is 22.0 Å². The molecule has 25 heavy (non-hydrogen) atoms. The van der Waals surface area contributed by atoms with Crippen molar-refractivity contribution in [3.05, 3.63) is 23.8 Å². The molecule has 0 heterocycles. The number of hydrogen-bond donors (Lipinski definition) is 3. The van der Waals surface area contributed by atoms with Gasteiger partial charge in [0.25, 0.3) is 0 Å². The van der Waals surface area contributed by atoms with E-state index in [-0.39, 0.29) is 17.6 Å². The topological polar surface area (TPSA) is 101 Å². The average Bonchev–Trinajstić information content (AvgIpc) is 2.85. The van der Waals surface area contributed by atoms with Gasteiger partial charge in [0.1, 0.15) is 16.5 Å². The molecule has 140 valence electrons. The lowest BCUT2D eigenvalue weighted by Crippen LogP contribution is -2.40. The highest BCUT2D eigenvalue weighted by Gasteiger charge is 2.30. The fourth-order valence-electron chi connectivity index (χ4n) is 2.78. The number of hydrogen-bond acceptors (Lipinski definition) is 4. The molecule has 1 fully saturated rings. The summed E-state index contributed by atoms with van der Waals surface area (Å²) in [6.07, 6.45) is 1.75. The lowest BCUT2D eigenvalue weighted by molar-refractivity contribution is -0.119. The van der Waals surface area contributed by atoms with E-state index in [2.05, 4.69) is 10.0 Å². The first-order valence-electron chi connectivity index (χ1n) is 7.98. The van der Waals surface area contributed by atoms with Crippen LogP contribution in [-0.4, -0.2) is 25.9 Å². The van der Waals surface area contributed by atoms with Gasteiger partial charge in [-0.1, -0.05) is 0 Å². The Labute approximate surface area is 146 Å². The van der Waals surface area contributed by atoms with Crippen LogP contribution in [0.15, 0.2) is 17.0 Å². The summed E-state index contributed by atoms with van der Waals surface area (Å²) in [5.74, 6) is -3.09. The number of rotatable bonds is 4. The molecule has 2 atom stereocenters. The number of nitrogens with one attached hydrogen (secondary N) is 2. The van der Waals surface area contributed by atoms with E-state index < -0.39 is 38.0 Å². The summed E-state index contributed by atoms with van der Waals surface area (Å²) in [5, 5.41) is 2.35. The Morgan fingerprint density at radius 2 is 1.84 bits per heavy atom. The van der Waals surface area contributed by atoms with Gasteiger partial charge in [-0.05, 0) is 46.1 Å². The second kappa shape index (κ2) is 6.97. The van der Waals surface area contributed by atoms with Crippen molar-refractivity contribution in [3.8, 4) is 0 Å². The number of carbonyl (C=O) groups excluding carboxylic acids is 1. The summed E-state index contributed by atoms with van der Waals surface area (Å²) < 4.78 is 54.9. The molecule has 1 aliphatic carbocycles. The van der Waals surface area contributed by atoms with Crippen molar-refractivity contribution in [1.29, 1.82) is 0 Å². The fourth-order valence-corrected chi connectivity index (χ4v) is 4.28. The third-order valence-corrected chi connectivity index (χ3v) is 5.63.